The molecule has 0 amide bonds. The molecule has 154 valence electrons. The largest absolute Gasteiger partial charge is 0.497 e. The van der Waals surface area contributed by atoms with Crippen molar-refractivity contribution in [2.24, 2.45) is 0 Å². The van der Waals surface area contributed by atoms with Crippen LogP contribution in [0.25, 0.3) is 27.7 Å². The second-order valence-corrected chi connectivity index (χ2v) is 7.15. The second kappa shape index (κ2) is 7.88. The molecule has 0 unspecified atom stereocenters. The maximum atomic E-state index is 12.5. The second-order valence-electron chi connectivity index (χ2n) is 7.15. The number of aromatic nitrogens is 1. The number of methoxy groups -OCH3 is 2. The van der Waals surface area contributed by atoms with Gasteiger partial charge in [0.1, 0.15) is 5.75 Å². The van der Waals surface area contributed by atoms with Crippen LogP contribution < -0.4 is 10.5 Å². The summed E-state index contributed by atoms with van der Waals surface area (Å²) in [7, 11) is 2.89. The van der Waals surface area contributed by atoms with Crippen LogP contribution in [0.2, 0.25) is 0 Å². The summed E-state index contributed by atoms with van der Waals surface area (Å²) in [5, 5.41) is 10.3. The summed E-state index contributed by atoms with van der Waals surface area (Å²) in [5.74, 6) is 0.0883. The molecular formula is C25H21N3O3. The normalized spacial score (nSPS) is 10.6. The van der Waals surface area contributed by atoms with Crippen LogP contribution in [0.3, 0.4) is 0 Å². The predicted octanol–water partition coefficient (Wildman–Crippen LogP) is 4.86. The molecule has 0 aliphatic carbocycles. The summed E-state index contributed by atoms with van der Waals surface area (Å²) in [4.78, 5) is 12.5. The lowest BCUT2D eigenvalue weighted by Crippen LogP contribution is -2.08. The van der Waals surface area contributed by atoms with E-state index in [2.05, 4.69) is 6.07 Å². The molecule has 1 aromatic heterocycles. The number of nitrogen functional groups attached to an aromatic ring is 1. The molecule has 3 aromatic carbocycles. The smallest absolute Gasteiger partial charge is 0.340 e. The van der Waals surface area contributed by atoms with E-state index in [1.165, 1.54) is 7.11 Å². The molecule has 4 rings (SSSR count). The molecule has 1 heterocycles. The predicted molar refractivity (Wildman–Crippen MR) is 120 cm³/mol. The Morgan fingerprint density at radius 2 is 1.87 bits per heavy atom. The molecule has 0 bridgehead atoms. The van der Waals surface area contributed by atoms with Crippen LogP contribution in [-0.2, 0) is 4.74 Å². The number of nitrogens with zero attached hydrogens (tertiary/aromatic N) is 2. The third kappa shape index (κ3) is 3.36. The number of carbonyl (C=O) groups excluding carboxylic acids is 1. The Balaban J connectivity index is 2.07. The van der Waals surface area contributed by atoms with Gasteiger partial charge in [-0.3, -0.25) is 0 Å². The van der Waals surface area contributed by atoms with E-state index in [1.807, 2.05) is 54.1 Å². The molecule has 0 saturated heterocycles. The van der Waals surface area contributed by atoms with E-state index in [1.54, 1.807) is 25.3 Å². The van der Waals surface area contributed by atoms with E-state index in [0.29, 0.717) is 28.3 Å². The zero-order valence-corrected chi connectivity index (χ0v) is 17.5. The monoisotopic (exact) mass is 411 g/mol. The molecule has 0 aliphatic heterocycles. The highest BCUT2D eigenvalue weighted by atomic mass is 16.5. The van der Waals surface area contributed by atoms with Gasteiger partial charge in [-0.15, -0.1) is 0 Å². The number of carbonyl (C=O) groups is 1. The summed E-state index contributed by atoms with van der Waals surface area (Å²) >= 11 is 0. The zero-order chi connectivity index (χ0) is 22.1. The van der Waals surface area contributed by atoms with Crippen LogP contribution >= 0.6 is 0 Å². The molecule has 0 spiro atoms. The first-order valence-electron chi connectivity index (χ1n) is 9.66. The van der Waals surface area contributed by atoms with Crippen molar-refractivity contribution >= 4 is 22.6 Å². The fraction of sp³-hybridized carbons (Fsp3) is 0.120. The zero-order valence-electron chi connectivity index (χ0n) is 17.5. The maximum absolute atomic E-state index is 12.5. The van der Waals surface area contributed by atoms with Crippen molar-refractivity contribution < 1.29 is 14.3 Å². The van der Waals surface area contributed by atoms with Crippen molar-refractivity contribution in [3.05, 3.63) is 77.5 Å². The minimum absolute atomic E-state index is 0.374. The number of anilines is 1. The number of ether oxygens (including phenoxy) is 2. The number of fused-ring (bicyclic) bond motifs is 1. The first-order valence-corrected chi connectivity index (χ1v) is 9.66. The number of nitriles is 1. The summed E-state index contributed by atoms with van der Waals surface area (Å²) in [6.45, 7) is 1.97. The molecule has 6 nitrogen and oxygen atoms in total. The van der Waals surface area contributed by atoms with Gasteiger partial charge < -0.3 is 19.8 Å². The average molecular weight is 411 g/mol. The molecule has 0 saturated carbocycles. The topological polar surface area (TPSA) is 90.3 Å². The number of esters is 1. The molecule has 2 N–H and O–H groups in total. The molecule has 0 radical (unpaired) electrons. The lowest BCUT2D eigenvalue weighted by atomic mass is 9.98. The number of nitrogens with two attached hydrogens (primary N) is 1. The van der Waals surface area contributed by atoms with Gasteiger partial charge in [-0.25, -0.2) is 4.79 Å². The van der Waals surface area contributed by atoms with Crippen molar-refractivity contribution in [2.45, 2.75) is 6.92 Å². The highest BCUT2D eigenvalue weighted by Crippen LogP contribution is 2.37. The van der Waals surface area contributed by atoms with Gasteiger partial charge in [-0.05, 0) is 60.5 Å². The fourth-order valence-electron chi connectivity index (χ4n) is 3.78. The first-order chi connectivity index (χ1) is 15.0. The molecule has 0 atom stereocenters. The average Bonchev–Trinajstić information content (AvgIpc) is 3.18. The van der Waals surface area contributed by atoms with Gasteiger partial charge in [0.2, 0.25) is 0 Å². The van der Waals surface area contributed by atoms with Gasteiger partial charge in [0.15, 0.2) is 0 Å². The Morgan fingerprint density at radius 3 is 2.58 bits per heavy atom. The Labute approximate surface area is 180 Å². The number of hydrogen-bond acceptors (Lipinski definition) is 5. The fourth-order valence-corrected chi connectivity index (χ4v) is 3.78. The summed E-state index contributed by atoms with van der Waals surface area (Å²) in [5.41, 5.74) is 12.1. The summed E-state index contributed by atoms with van der Waals surface area (Å²) < 4.78 is 12.2. The van der Waals surface area contributed by atoms with Gasteiger partial charge in [0.25, 0.3) is 0 Å². The van der Waals surface area contributed by atoms with Gasteiger partial charge in [-0.2, -0.15) is 5.26 Å². The van der Waals surface area contributed by atoms with Gasteiger partial charge >= 0.3 is 5.97 Å². The van der Waals surface area contributed by atoms with E-state index >= 15 is 0 Å². The standard InChI is InChI=1S/C25H21N3O3/c1-15-18(5-4-6-22(15)27)21-14-28(23-9-7-16(13-26)11-19(21)23)24-10-8-17(30-2)12-20(24)25(29)31-3/h4-12,14H,27H2,1-3H3. The Kier molecular flexibility index (Phi) is 5.10. The van der Waals surface area contributed by atoms with Crippen molar-refractivity contribution in [3.8, 4) is 28.6 Å². The highest BCUT2D eigenvalue weighted by Gasteiger charge is 2.20. The minimum atomic E-state index is -0.467. The van der Waals surface area contributed by atoms with Gasteiger partial charge in [-0.1, -0.05) is 12.1 Å². The van der Waals surface area contributed by atoms with Gasteiger partial charge in [0, 0.05) is 22.8 Å². The van der Waals surface area contributed by atoms with Crippen LogP contribution in [-0.4, -0.2) is 24.8 Å². The third-order valence-electron chi connectivity index (χ3n) is 5.47. The van der Waals surface area contributed by atoms with Crippen LogP contribution in [0, 0.1) is 18.3 Å². The lowest BCUT2D eigenvalue weighted by molar-refractivity contribution is 0.0600. The molecule has 6 heteroatoms. The first kappa shape index (κ1) is 20.0. The van der Waals surface area contributed by atoms with Crippen molar-refractivity contribution in [1.82, 2.24) is 4.57 Å². The SMILES string of the molecule is COC(=O)c1cc(OC)ccc1-n1cc(-c2cccc(N)c2C)c2cc(C#N)ccc21. The van der Waals surface area contributed by atoms with E-state index in [0.717, 1.165) is 27.6 Å². The molecule has 0 aliphatic rings. The van der Waals surface area contributed by atoms with Crippen LogP contribution in [0.15, 0.2) is 60.8 Å². The number of rotatable bonds is 4. The molecule has 4 aromatic rings. The highest BCUT2D eigenvalue weighted by molar-refractivity contribution is 6.01. The van der Waals surface area contributed by atoms with Crippen molar-refractivity contribution in [1.29, 1.82) is 5.26 Å². The van der Waals surface area contributed by atoms with Crippen molar-refractivity contribution in [3.63, 3.8) is 0 Å². The van der Waals surface area contributed by atoms with E-state index in [-0.39, 0.29) is 0 Å². The number of hydrogen-bond donors (Lipinski definition) is 1. The van der Waals surface area contributed by atoms with Crippen LogP contribution in [0.4, 0.5) is 5.69 Å². The quantitative estimate of drug-likeness (QED) is 0.383. The summed E-state index contributed by atoms with van der Waals surface area (Å²) in [6, 6.07) is 18.7. The van der Waals surface area contributed by atoms with Crippen LogP contribution in [0.5, 0.6) is 5.75 Å². The number of benzene rings is 3. The maximum Gasteiger partial charge on any atom is 0.340 e. The van der Waals surface area contributed by atoms with Crippen molar-refractivity contribution in [2.75, 3.05) is 20.0 Å². The Bertz CT molecular complexity index is 1360. The van der Waals surface area contributed by atoms with Crippen LogP contribution in [0.1, 0.15) is 21.5 Å². The van der Waals surface area contributed by atoms with E-state index < -0.39 is 5.97 Å². The molecule has 31 heavy (non-hydrogen) atoms. The van der Waals surface area contributed by atoms with E-state index in [9.17, 15) is 10.1 Å². The summed E-state index contributed by atoms with van der Waals surface area (Å²) in [6.07, 6.45) is 1.96. The van der Waals surface area contributed by atoms with E-state index in [4.69, 9.17) is 15.2 Å². The minimum Gasteiger partial charge on any atom is -0.497 e. The third-order valence-corrected chi connectivity index (χ3v) is 5.47. The molecular weight excluding hydrogens is 390 g/mol. The van der Waals surface area contributed by atoms with Gasteiger partial charge in [0.05, 0.1) is 42.6 Å². The lowest BCUT2D eigenvalue weighted by Gasteiger charge is -2.12. The Morgan fingerprint density at radius 1 is 1.06 bits per heavy atom. The molecule has 0 fully saturated rings. The Hall–Kier alpha value is -4.24.